The van der Waals surface area contributed by atoms with Gasteiger partial charge < -0.3 is 9.67 Å². The Hall–Kier alpha value is -2.42. The fraction of sp³-hybridized carbons (Fsp3) is 0.0909. The number of aromatic carboxylic acids is 1. The zero-order valence-electron chi connectivity index (χ0n) is 10.2. The fourth-order valence-corrected chi connectivity index (χ4v) is 2.61. The van der Waals surface area contributed by atoms with Crippen molar-refractivity contribution in [1.29, 1.82) is 0 Å². The number of carbonyl (C=O) groups is 1. The van der Waals surface area contributed by atoms with Gasteiger partial charge in [0.2, 0.25) is 0 Å². The largest absolute Gasteiger partial charge is 0.478 e. The Bertz CT molecular complexity index is 770. The summed E-state index contributed by atoms with van der Waals surface area (Å²) in [6, 6.07) is 3.30. The average Bonchev–Trinajstić information content (AvgIpc) is 2.75. The molecule has 0 fully saturated rings. The van der Waals surface area contributed by atoms with Crippen molar-refractivity contribution in [2.24, 2.45) is 7.05 Å². The molecule has 2 rings (SSSR count). The van der Waals surface area contributed by atoms with Gasteiger partial charge in [-0.3, -0.25) is 4.72 Å². The third-order valence-corrected chi connectivity index (χ3v) is 3.68. The van der Waals surface area contributed by atoms with Crippen LogP contribution < -0.4 is 4.72 Å². The lowest BCUT2D eigenvalue weighted by Gasteiger charge is -2.09. The first-order chi connectivity index (χ1) is 9.31. The van der Waals surface area contributed by atoms with Crippen LogP contribution in [0.5, 0.6) is 0 Å². The number of nitrogens with one attached hydrogen (secondary N) is 1. The highest BCUT2D eigenvalue weighted by molar-refractivity contribution is 7.92. The maximum Gasteiger partial charge on any atom is 0.340 e. The van der Waals surface area contributed by atoms with Gasteiger partial charge in [0.1, 0.15) is 11.4 Å². The molecule has 0 atom stereocenters. The second kappa shape index (κ2) is 4.93. The van der Waals surface area contributed by atoms with Crippen molar-refractivity contribution >= 4 is 21.7 Å². The Morgan fingerprint density at radius 1 is 1.45 bits per heavy atom. The number of aromatic nitrogens is 2. The predicted molar refractivity (Wildman–Crippen MR) is 67.4 cm³/mol. The van der Waals surface area contributed by atoms with Crippen LogP contribution in [0.25, 0.3) is 0 Å². The second-order valence-corrected chi connectivity index (χ2v) is 5.58. The molecule has 20 heavy (non-hydrogen) atoms. The lowest BCUT2D eigenvalue weighted by Crippen LogP contribution is -2.16. The number of halogens is 1. The van der Waals surface area contributed by atoms with Gasteiger partial charge in [0, 0.05) is 13.2 Å². The van der Waals surface area contributed by atoms with Crippen molar-refractivity contribution in [2.45, 2.75) is 5.03 Å². The van der Waals surface area contributed by atoms with E-state index in [1.54, 1.807) is 7.05 Å². The molecule has 0 spiro atoms. The van der Waals surface area contributed by atoms with Crippen LogP contribution in [0.15, 0.2) is 35.7 Å². The van der Waals surface area contributed by atoms with Crippen LogP contribution in [0.2, 0.25) is 0 Å². The topological polar surface area (TPSA) is 101 Å². The van der Waals surface area contributed by atoms with Gasteiger partial charge in [0.15, 0.2) is 5.03 Å². The molecule has 0 bridgehead atoms. The summed E-state index contributed by atoms with van der Waals surface area (Å²) in [5, 5.41) is 8.63. The number of imidazole rings is 1. The summed E-state index contributed by atoms with van der Waals surface area (Å²) >= 11 is 0. The van der Waals surface area contributed by atoms with E-state index in [9.17, 15) is 17.6 Å². The number of rotatable bonds is 4. The number of hydrogen-bond acceptors (Lipinski definition) is 4. The number of carboxylic acid groups (broad SMARTS) is 1. The summed E-state index contributed by atoms with van der Waals surface area (Å²) < 4.78 is 40.9. The number of hydrogen-bond donors (Lipinski definition) is 2. The molecule has 0 saturated carbocycles. The first-order valence-corrected chi connectivity index (χ1v) is 6.82. The molecular formula is C11H10FN3O4S. The summed E-state index contributed by atoms with van der Waals surface area (Å²) in [4.78, 5) is 14.6. The van der Waals surface area contributed by atoms with Crippen LogP contribution in [-0.4, -0.2) is 29.0 Å². The van der Waals surface area contributed by atoms with Gasteiger partial charge in [-0.2, -0.15) is 8.42 Å². The number of carboxylic acids is 1. The molecule has 0 aliphatic carbocycles. The maximum atomic E-state index is 13.4. The smallest absolute Gasteiger partial charge is 0.340 e. The fourth-order valence-electron chi connectivity index (χ4n) is 1.55. The van der Waals surface area contributed by atoms with Crippen molar-refractivity contribution in [3.8, 4) is 0 Å². The Morgan fingerprint density at radius 2 is 2.15 bits per heavy atom. The van der Waals surface area contributed by atoms with E-state index in [4.69, 9.17) is 5.11 Å². The summed E-state index contributed by atoms with van der Waals surface area (Å²) in [7, 11) is -2.50. The molecule has 0 aliphatic heterocycles. The summed E-state index contributed by atoms with van der Waals surface area (Å²) in [5.74, 6) is -2.60. The Kier molecular flexibility index (Phi) is 3.45. The van der Waals surface area contributed by atoms with Crippen molar-refractivity contribution in [3.63, 3.8) is 0 Å². The molecule has 1 heterocycles. The van der Waals surface area contributed by atoms with Gasteiger partial charge in [-0.25, -0.2) is 14.2 Å². The molecule has 0 radical (unpaired) electrons. The number of benzene rings is 1. The molecule has 0 unspecified atom stereocenters. The summed E-state index contributed by atoms with van der Waals surface area (Å²) in [6.07, 6.45) is 2.51. The Balaban J connectivity index is 2.45. The molecule has 1 aromatic carbocycles. The van der Waals surface area contributed by atoms with E-state index in [1.807, 2.05) is 4.72 Å². The lowest BCUT2D eigenvalue weighted by atomic mass is 10.2. The van der Waals surface area contributed by atoms with Crippen LogP contribution in [0.4, 0.5) is 10.1 Å². The van der Waals surface area contributed by atoms with Gasteiger partial charge in [-0.05, 0) is 12.1 Å². The van der Waals surface area contributed by atoms with Crippen LogP contribution in [-0.2, 0) is 17.1 Å². The van der Waals surface area contributed by atoms with Crippen LogP contribution in [0.3, 0.4) is 0 Å². The number of nitrogens with zero attached hydrogens (tertiary/aromatic N) is 2. The van der Waals surface area contributed by atoms with E-state index in [1.165, 1.54) is 23.2 Å². The quantitative estimate of drug-likeness (QED) is 0.879. The van der Waals surface area contributed by atoms with Crippen molar-refractivity contribution in [3.05, 3.63) is 42.1 Å². The summed E-state index contributed by atoms with van der Waals surface area (Å²) in [5.41, 5.74) is -1.10. The highest BCUT2D eigenvalue weighted by atomic mass is 32.2. The average molecular weight is 299 g/mol. The minimum Gasteiger partial charge on any atom is -0.478 e. The molecule has 0 saturated heterocycles. The van der Waals surface area contributed by atoms with Crippen molar-refractivity contribution in [1.82, 2.24) is 9.55 Å². The summed E-state index contributed by atoms with van der Waals surface area (Å²) in [6.45, 7) is 0. The zero-order chi connectivity index (χ0) is 14.9. The Morgan fingerprint density at radius 3 is 2.70 bits per heavy atom. The third-order valence-electron chi connectivity index (χ3n) is 2.43. The van der Waals surface area contributed by atoms with Gasteiger partial charge in [-0.15, -0.1) is 0 Å². The molecular weight excluding hydrogens is 289 g/mol. The highest BCUT2D eigenvalue weighted by Gasteiger charge is 2.22. The first kappa shape index (κ1) is 14.0. The van der Waals surface area contributed by atoms with E-state index in [2.05, 4.69) is 4.98 Å². The van der Waals surface area contributed by atoms with Gasteiger partial charge in [0.25, 0.3) is 10.0 Å². The van der Waals surface area contributed by atoms with Crippen LogP contribution in [0.1, 0.15) is 10.4 Å². The standard InChI is InChI=1S/C11H10FN3O4S/c1-15-5-9(13-6-15)20(18,19)14-8-4-2-3-7(12)10(8)11(16)17/h2-6,14H,1H3,(H,16,17). The number of sulfonamides is 1. The van der Waals surface area contributed by atoms with E-state index < -0.39 is 27.4 Å². The van der Waals surface area contributed by atoms with Crippen LogP contribution >= 0.6 is 0 Å². The molecule has 7 nitrogen and oxygen atoms in total. The van der Waals surface area contributed by atoms with E-state index in [0.717, 1.165) is 12.1 Å². The lowest BCUT2D eigenvalue weighted by molar-refractivity contribution is 0.0693. The molecule has 0 aliphatic rings. The monoisotopic (exact) mass is 299 g/mol. The van der Waals surface area contributed by atoms with E-state index in [0.29, 0.717) is 0 Å². The molecule has 2 aromatic rings. The molecule has 9 heteroatoms. The van der Waals surface area contributed by atoms with Crippen molar-refractivity contribution < 1.29 is 22.7 Å². The highest BCUT2D eigenvalue weighted by Crippen LogP contribution is 2.22. The predicted octanol–water partition coefficient (Wildman–Crippen LogP) is 1.06. The molecule has 2 N–H and O–H groups in total. The second-order valence-electron chi connectivity index (χ2n) is 3.95. The molecule has 1 aromatic heterocycles. The van der Waals surface area contributed by atoms with Crippen molar-refractivity contribution in [2.75, 3.05) is 4.72 Å². The van der Waals surface area contributed by atoms with Gasteiger partial charge in [0.05, 0.1) is 12.0 Å². The molecule has 0 amide bonds. The SMILES string of the molecule is Cn1cnc(S(=O)(=O)Nc2cccc(F)c2C(=O)O)c1. The third kappa shape index (κ3) is 2.62. The zero-order valence-corrected chi connectivity index (χ0v) is 11.1. The Labute approximate surface area is 113 Å². The van der Waals surface area contributed by atoms with E-state index >= 15 is 0 Å². The van der Waals surface area contributed by atoms with Crippen LogP contribution in [0, 0.1) is 5.82 Å². The minimum absolute atomic E-state index is 0.291. The van der Waals surface area contributed by atoms with Gasteiger partial charge in [-0.1, -0.05) is 6.07 Å². The van der Waals surface area contributed by atoms with E-state index in [-0.39, 0.29) is 10.7 Å². The first-order valence-electron chi connectivity index (χ1n) is 5.34. The number of anilines is 1. The molecule has 106 valence electrons. The minimum atomic E-state index is -4.08. The number of aryl methyl sites for hydroxylation is 1. The maximum absolute atomic E-state index is 13.4. The normalized spacial score (nSPS) is 11.3. The van der Waals surface area contributed by atoms with Gasteiger partial charge >= 0.3 is 5.97 Å².